The number of hydrogen-bond donors (Lipinski definition) is 5. The maximum atomic E-state index is 10.6. The number of benzene rings is 2. The summed E-state index contributed by atoms with van der Waals surface area (Å²) in [5.41, 5.74) is 2.02. The first-order valence-electron chi connectivity index (χ1n) is 11.8. The van der Waals surface area contributed by atoms with Gasteiger partial charge in [-0.1, -0.05) is 32.0 Å². The van der Waals surface area contributed by atoms with E-state index in [1.165, 1.54) is 5.69 Å². The fraction of sp³-hybridized carbons (Fsp3) is 0.500. The van der Waals surface area contributed by atoms with Crippen LogP contribution in [-0.2, 0) is 4.74 Å². The molecule has 184 valence electrons. The standard InChI is InChI=1S/C26H35N3O5/c1-3-9-29(10-4-2)21-8-7-18-11-17(5-6-19(18)13-21)12-20(14-27)26(33)28-22-16-34-23(15-30)25(32)24(22)31/h5-8,11-13,22-26,28,30-33H,3-4,9-10,15-16H2,1-2H3/b20-12+/t22-,23+,24+,25+,26?/m0/s1. The molecule has 0 amide bonds. The van der Waals surface area contributed by atoms with Crippen molar-refractivity contribution in [2.45, 2.75) is 57.3 Å². The van der Waals surface area contributed by atoms with Crippen LogP contribution in [0, 0.1) is 11.3 Å². The molecule has 3 rings (SSSR count). The molecule has 8 nitrogen and oxygen atoms in total. The van der Waals surface area contributed by atoms with E-state index in [0.717, 1.165) is 42.3 Å². The molecule has 0 bridgehead atoms. The maximum Gasteiger partial charge on any atom is 0.141 e. The summed E-state index contributed by atoms with van der Waals surface area (Å²) in [6, 6.07) is 13.4. The minimum Gasteiger partial charge on any atom is -0.394 e. The van der Waals surface area contributed by atoms with Gasteiger partial charge in [-0.25, -0.2) is 0 Å². The molecule has 5 N–H and O–H groups in total. The fourth-order valence-electron chi connectivity index (χ4n) is 4.28. The van der Waals surface area contributed by atoms with Crippen molar-refractivity contribution in [2.24, 2.45) is 0 Å². The fourth-order valence-corrected chi connectivity index (χ4v) is 4.28. The van der Waals surface area contributed by atoms with Gasteiger partial charge >= 0.3 is 0 Å². The number of hydrogen-bond acceptors (Lipinski definition) is 8. The summed E-state index contributed by atoms with van der Waals surface area (Å²) >= 11 is 0. The summed E-state index contributed by atoms with van der Waals surface area (Å²) in [4.78, 5) is 2.38. The van der Waals surface area contributed by atoms with Gasteiger partial charge in [-0.3, -0.25) is 5.32 Å². The van der Waals surface area contributed by atoms with Crippen molar-refractivity contribution in [3.8, 4) is 6.07 Å². The summed E-state index contributed by atoms with van der Waals surface area (Å²) in [6.45, 7) is 5.92. The average molecular weight is 470 g/mol. The summed E-state index contributed by atoms with van der Waals surface area (Å²) in [5.74, 6) is 0. The summed E-state index contributed by atoms with van der Waals surface area (Å²) in [6.07, 6.45) is -1.04. The molecule has 0 radical (unpaired) electrons. The molecule has 5 atom stereocenters. The Kier molecular flexibility index (Phi) is 9.42. The smallest absolute Gasteiger partial charge is 0.141 e. The number of anilines is 1. The molecular weight excluding hydrogens is 434 g/mol. The van der Waals surface area contributed by atoms with Gasteiger partial charge in [0.15, 0.2) is 0 Å². The van der Waals surface area contributed by atoms with Gasteiger partial charge in [-0.05, 0) is 53.5 Å². The Morgan fingerprint density at radius 3 is 2.47 bits per heavy atom. The first-order valence-corrected chi connectivity index (χ1v) is 11.8. The van der Waals surface area contributed by atoms with Crippen molar-refractivity contribution in [3.63, 3.8) is 0 Å². The van der Waals surface area contributed by atoms with Crippen LogP contribution in [0.5, 0.6) is 0 Å². The first kappa shape index (κ1) is 26.1. The number of aliphatic hydroxyl groups excluding tert-OH is 4. The first-order chi connectivity index (χ1) is 16.4. The average Bonchev–Trinajstić information content (AvgIpc) is 2.85. The van der Waals surface area contributed by atoms with E-state index in [-0.39, 0.29) is 12.2 Å². The predicted octanol–water partition coefficient (Wildman–Crippen LogP) is 1.76. The van der Waals surface area contributed by atoms with Gasteiger partial charge in [0.25, 0.3) is 0 Å². The van der Waals surface area contributed by atoms with Crippen molar-refractivity contribution < 1.29 is 25.2 Å². The van der Waals surface area contributed by atoms with Crippen LogP contribution in [0.3, 0.4) is 0 Å². The molecule has 0 spiro atoms. The Bertz CT molecular complexity index is 1020. The molecule has 0 saturated carbocycles. The van der Waals surface area contributed by atoms with Crippen molar-refractivity contribution in [3.05, 3.63) is 47.5 Å². The van der Waals surface area contributed by atoms with Crippen LogP contribution >= 0.6 is 0 Å². The molecule has 1 saturated heterocycles. The molecule has 2 aromatic rings. The third-order valence-electron chi connectivity index (χ3n) is 6.13. The number of nitriles is 1. The van der Waals surface area contributed by atoms with E-state index in [2.05, 4.69) is 42.3 Å². The Morgan fingerprint density at radius 2 is 1.82 bits per heavy atom. The molecule has 1 fully saturated rings. The van der Waals surface area contributed by atoms with Gasteiger partial charge in [0.2, 0.25) is 0 Å². The van der Waals surface area contributed by atoms with Crippen LogP contribution in [0.15, 0.2) is 42.0 Å². The number of rotatable bonds is 10. The lowest BCUT2D eigenvalue weighted by molar-refractivity contribution is -0.165. The topological polar surface area (TPSA) is 129 Å². The van der Waals surface area contributed by atoms with Gasteiger partial charge in [-0.2, -0.15) is 5.26 Å². The second-order valence-electron chi connectivity index (χ2n) is 8.70. The van der Waals surface area contributed by atoms with E-state index in [1.807, 2.05) is 24.3 Å². The SMILES string of the molecule is CCCN(CCC)c1ccc2cc(/C=C(\C#N)C(O)N[C@H]3CO[C@H](CO)[C@@H](O)[C@@H]3O)ccc2c1. The molecule has 1 unspecified atom stereocenters. The lowest BCUT2D eigenvalue weighted by Crippen LogP contribution is -2.60. The van der Waals surface area contributed by atoms with Gasteiger partial charge in [0.1, 0.15) is 24.5 Å². The molecule has 0 aliphatic carbocycles. The van der Waals surface area contributed by atoms with Gasteiger partial charge < -0.3 is 30.1 Å². The van der Waals surface area contributed by atoms with E-state index in [1.54, 1.807) is 6.08 Å². The third kappa shape index (κ3) is 6.13. The molecule has 2 aromatic carbocycles. The van der Waals surface area contributed by atoms with Crippen molar-refractivity contribution in [1.82, 2.24) is 5.32 Å². The lowest BCUT2D eigenvalue weighted by atomic mass is 9.97. The highest BCUT2D eigenvalue weighted by Crippen LogP contribution is 2.25. The van der Waals surface area contributed by atoms with Crippen molar-refractivity contribution in [2.75, 3.05) is 31.2 Å². The monoisotopic (exact) mass is 469 g/mol. The zero-order valence-electron chi connectivity index (χ0n) is 19.8. The highest BCUT2D eigenvalue weighted by atomic mass is 16.5. The predicted molar refractivity (Wildman–Crippen MR) is 132 cm³/mol. The Morgan fingerprint density at radius 1 is 1.15 bits per heavy atom. The Hall–Kier alpha value is -2.51. The zero-order valence-corrected chi connectivity index (χ0v) is 19.8. The lowest BCUT2D eigenvalue weighted by Gasteiger charge is -2.38. The van der Waals surface area contributed by atoms with Crippen LogP contribution in [0.25, 0.3) is 16.8 Å². The maximum absolute atomic E-state index is 10.6. The quantitative estimate of drug-likeness (QED) is 0.263. The second kappa shape index (κ2) is 12.3. The summed E-state index contributed by atoms with van der Waals surface area (Å²) in [7, 11) is 0. The van der Waals surface area contributed by atoms with E-state index >= 15 is 0 Å². The Labute approximate surface area is 200 Å². The second-order valence-corrected chi connectivity index (χ2v) is 8.70. The molecule has 34 heavy (non-hydrogen) atoms. The molecule has 1 heterocycles. The number of nitrogens with zero attached hydrogens (tertiary/aromatic N) is 2. The van der Waals surface area contributed by atoms with Crippen LogP contribution in [0.4, 0.5) is 5.69 Å². The summed E-state index contributed by atoms with van der Waals surface area (Å²) < 4.78 is 5.32. The van der Waals surface area contributed by atoms with Crippen LogP contribution < -0.4 is 10.2 Å². The van der Waals surface area contributed by atoms with Gasteiger partial charge in [0, 0.05) is 18.8 Å². The molecule has 0 aromatic heterocycles. The number of aliphatic hydroxyl groups is 4. The van der Waals surface area contributed by atoms with Crippen molar-refractivity contribution >= 4 is 22.5 Å². The van der Waals surface area contributed by atoms with Gasteiger partial charge in [-0.15, -0.1) is 0 Å². The normalized spacial score (nSPS) is 24.1. The number of fused-ring (bicyclic) bond motifs is 1. The van der Waals surface area contributed by atoms with Crippen molar-refractivity contribution in [1.29, 1.82) is 5.26 Å². The van der Waals surface area contributed by atoms with Crippen LogP contribution in [-0.4, -0.2) is 77.3 Å². The van der Waals surface area contributed by atoms with E-state index < -0.39 is 37.2 Å². The van der Waals surface area contributed by atoms with E-state index in [4.69, 9.17) is 4.74 Å². The molecule has 1 aliphatic heterocycles. The summed E-state index contributed by atoms with van der Waals surface area (Å²) in [5, 5.41) is 54.5. The van der Waals surface area contributed by atoms with Crippen LogP contribution in [0.1, 0.15) is 32.3 Å². The largest absolute Gasteiger partial charge is 0.394 e. The highest BCUT2D eigenvalue weighted by Gasteiger charge is 2.38. The molecular formula is C26H35N3O5. The number of nitrogens with one attached hydrogen (secondary N) is 1. The highest BCUT2D eigenvalue weighted by molar-refractivity contribution is 5.88. The molecule has 8 heteroatoms. The van der Waals surface area contributed by atoms with Gasteiger partial charge in [0.05, 0.1) is 30.9 Å². The minimum absolute atomic E-state index is 0.0232. The Balaban J connectivity index is 1.76. The molecule has 1 aliphatic rings. The minimum atomic E-state index is -1.36. The van der Waals surface area contributed by atoms with E-state index in [0.29, 0.717) is 0 Å². The third-order valence-corrected chi connectivity index (χ3v) is 6.13. The zero-order chi connectivity index (χ0) is 24.7. The van der Waals surface area contributed by atoms with Crippen LogP contribution in [0.2, 0.25) is 0 Å². The van der Waals surface area contributed by atoms with E-state index in [9.17, 15) is 25.7 Å². The number of ether oxygens (including phenoxy) is 1.